The number of hydrogen-bond acceptors (Lipinski definition) is 4. The van der Waals surface area contributed by atoms with Crippen LogP contribution in [0.15, 0.2) is 45.9 Å². The van der Waals surface area contributed by atoms with Crippen molar-refractivity contribution < 1.29 is 17.6 Å². The lowest BCUT2D eigenvalue weighted by atomic mass is 10.3. The summed E-state index contributed by atoms with van der Waals surface area (Å²) in [6, 6.07) is 8.96. The van der Waals surface area contributed by atoms with E-state index in [1.807, 2.05) is 0 Å². The van der Waals surface area contributed by atoms with Crippen molar-refractivity contribution in [2.75, 3.05) is 5.43 Å². The van der Waals surface area contributed by atoms with Gasteiger partial charge in [-0.3, -0.25) is 5.43 Å². The van der Waals surface area contributed by atoms with Crippen LogP contribution in [0.5, 0.6) is 0 Å². The molecule has 1 aromatic heterocycles. The van der Waals surface area contributed by atoms with Crippen molar-refractivity contribution in [2.45, 2.75) is 11.5 Å². The number of hydrogen-bond donors (Lipinski definition) is 1. The fourth-order valence-electron chi connectivity index (χ4n) is 1.38. The number of nitrogens with one attached hydrogen (secondary N) is 1. The molecule has 1 N–H and O–H groups in total. The number of anilines is 1. The van der Waals surface area contributed by atoms with Gasteiger partial charge in [0.2, 0.25) is 0 Å². The lowest BCUT2D eigenvalue weighted by Gasteiger charge is -1.98. The molecule has 0 aliphatic heterocycles. The van der Waals surface area contributed by atoms with E-state index >= 15 is 0 Å². The highest BCUT2D eigenvalue weighted by atomic mass is 32.2. The fourth-order valence-corrected chi connectivity index (χ4v) is 1.83. The lowest BCUT2D eigenvalue weighted by molar-refractivity contribution is 0.251. The third-order valence-electron chi connectivity index (χ3n) is 2.26. The predicted octanol–water partition coefficient (Wildman–Crippen LogP) is 4.32. The number of hydrazone groups is 1. The first-order chi connectivity index (χ1) is 9.63. The third kappa shape index (κ3) is 4.65. The molecule has 20 heavy (non-hydrogen) atoms. The van der Waals surface area contributed by atoms with E-state index in [9.17, 15) is 13.2 Å². The number of rotatable bonds is 6. The number of halogens is 3. The molecule has 1 heterocycles. The molecule has 7 heteroatoms. The highest BCUT2D eigenvalue weighted by Crippen LogP contribution is 2.20. The Kier molecular flexibility index (Phi) is 5.11. The molecule has 0 fully saturated rings. The molecular formula is C13H11F3N2OS. The van der Waals surface area contributed by atoms with Gasteiger partial charge >= 0.3 is 0 Å². The van der Waals surface area contributed by atoms with Gasteiger partial charge in [-0.05, 0) is 36.4 Å². The van der Waals surface area contributed by atoms with Gasteiger partial charge in [0.1, 0.15) is 17.3 Å². The van der Waals surface area contributed by atoms with Crippen LogP contribution in [0.1, 0.15) is 11.5 Å². The van der Waals surface area contributed by atoms with Crippen LogP contribution in [-0.4, -0.2) is 12.0 Å². The molecule has 0 bridgehead atoms. The van der Waals surface area contributed by atoms with Gasteiger partial charge in [-0.2, -0.15) is 13.9 Å². The van der Waals surface area contributed by atoms with E-state index in [2.05, 4.69) is 10.5 Å². The summed E-state index contributed by atoms with van der Waals surface area (Å²) in [6.45, 7) is 0. The van der Waals surface area contributed by atoms with Crippen molar-refractivity contribution in [1.29, 1.82) is 0 Å². The zero-order chi connectivity index (χ0) is 14.4. The Morgan fingerprint density at radius 3 is 2.65 bits per heavy atom. The summed E-state index contributed by atoms with van der Waals surface area (Å²) in [5, 5.41) is 3.90. The topological polar surface area (TPSA) is 37.5 Å². The summed E-state index contributed by atoms with van der Waals surface area (Å²) in [7, 11) is 0. The van der Waals surface area contributed by atoms with Crippen molar-refractivity contribution in [2.24, 2.45) is 5.10 Å². The Morgan fingerprint density at radius 2 is 1.95 bits per heavy atom. The molecule has 0 spiro atoms. The molecule has 0 radical (unpaired) electrons. The standard InChI is InChI=1S/C13H11F3N2OS/c14-9-1-3-10(4-2-9)18-17-7-11-5-6-12(19-11)8-20-13(15)16/h1-7,13,18H,8H2/b17-7-. The van der Waals surface area contributed by atoms with Crippen LogP contribution in [0, 0.1) is 5.82 Å². The molecule has 106 valence electrons. The van der Waals surface area contributed by atoms with Gasteiger partial charge in [-0.15, -0.1) is 0 Å². The quantitative estimate of drug-likeness (QED) is 0.637. The molecule has 0 unspecified atom stereocenters. The first-order valence-electron chi connectivity index (χ1n) is 5.66. The molecule has 0 saturated carbocycles. The van der Waals surface area contributed by atoms with E-state index in [1.54, 1.807) is 24.3 Å². The molecule has 0 saturated heterocycles. The third-order valence-corrected chi connectivity index (χ3v) is 2.97. The Bertz CT molecular complexity index is 569. The van der Waals surface area contributed by atoms with E-state index < -0.39 is 5.76 Å². The first-order valence-corrected chi connectivity index (χ1v) is 6.71. The Labute approximate surface area is 117 Å². The number of furan rings is 1. The highest BCUT2D eigenvalue weighted by Gasteiger charge is 2.06. The second kappa shape index (κ2) is 7.04. The van der Waals surface area contributed by atoms with Crippen LogP contribution in [0.25, 0.3) is 0 Å². The molecule has 2 rings (SSSR count). The Hall–Kier alpha value is -1.89. The van der Waals surface area contributed by atoms with Gasteiger partial charge in [0, 0.05) is 0 Å². The first kappa shape index (κ1) is 14.5. The van der Waals surface area contributed by atoms with Crippen LogP contribution in [0.3, 0.4) is 0 Å². The van der Waals surface area contributed by atoms with Gasteiger partial charge in [-0.1, -0.05) is 11.8 Å². The zero-order valence-electron chi connectivity index (χ0n) is 10.2. The molecule has 1 aromatic carbocycles. The van der Waals surface area contributed by atoms with Crippen LogP contribution in [0.2, 0.25) is 0 Å². The van der Waals surface area contributed by atoms with Crippen molar-refractivity contribution in [1.82, 2.24) is 0 Å². The summed E-state index contributed by atoms with van der Waals surface area (Å²) in [5.41, 5.74) is 3.32. The minimum atomic E-state index is -2.42. The van der Waals surface area contributed by atoms with Gasteiger partial charge in [0.15, 0.2) is 0 Å². The van der Waals surface area contributed by atoms with E-state index in [0.717, 1.165) is 0 Å². The van der Waals surface area contributed by atoms with Crippen LogP contribution >= 0.6 is 11.8 Å². The summed E-state index contributed by atoms with van der Waals surface area (Å²) in [5.74, 6) is -1.73. The fraction of sp³-hybridized carbons (Fsp3) is 0.154. The molecule has 0 aliphatic rings. The van der Waals surface area contributed by atoms with Crippen LogP contribution < -0.4 is 5.43 Å². The molecule has 0 atom stereocenters. The van der Waals surface area contributed by atoms with Gasteiger partial charge in [-0.25, -0.2) is 4.39 Å². The number of nitrogens with zero attached hydrogens (tertiary/aromatic N) is 1. The average Bonchev–Trinajstić information content (AvgIpc) is 2.87. The van der Waals surface area contributed by atoms with E-state index in [-0.39, 0.29) is 11.6 Å². The van der Waals surface area contributed by atoms with Gasteiger partial charge in [0.05, 0.1) is 17.7 Å². The minimum Gasteiger partial charge on any atom is -0.459 e. The molecular weight excluding hydrogens is 289 g/mol. The summed E-state index contributed by atoms with van der Waals surface area (Å²) in [4.78, 5) is 0. The Morgan fingerprint density at radius 1 is 1.20 bits per heavy atom. The minimum absolute atomic E-state index is 0.108. The van der Waals surface area contributed by atoms with E-state index in [0.29, 0.717) is 29.0 Å². The number of thioether (sulfide) groups is 1. The lowest BCUT2D eigenvalue weighted by Crippen LogP contribution is -1.89. The molecule has 0 amide bonds. The maximum absolute atomic E-state index is 12.7. The second-order valence-corrected chi connectivity index (χ2v) is 4.73. The number of alkyl halides is 2. The van der Waals surface area contributed by atoms with Crippen molar-refractivity contribution in [3.05, 3.63) is 53.7 Å². The zero-order valence-corrected chi connectivity index (χ0v) is 11.0. The van der Waals surface area contributed by atoms with E-state index in [4.69, 9.17) is 4.42 Å². The maximum atomic E-state index is 12.7. The number of benzene rings is 1. The largest absolute Gasteiger partial charge is 0.459 e. The summed E-state index contributed by atoms with van der Waals surface area (Å²) < 4.78 is 42.0. The van der Waals surface area contributed by atoms with E-state index in [1.165, 1.54) is 18.3 Å². The summed E-state index contributed by atoms with van der Waals surface area (Å²) >= 11 is 0.497. The van der Waals surface area contributed by atoms with Crippen molar-refractivity contribution in [3.8, 4) is 0 Å². The van der Waals surface area contributed by atoms with Crippen molar-refractivity contribution >= 4 is 23.7 Å². The smallest absolute Gasteiger partial charge is 0.284 e. The molecule has 0 aliphatic carbocycles. The van der Waals surface area contributed by atoms with Crippen molar-refractivity contribution in [3.63, 3.8) is 0 Å². The predicted molar refractivity (Wildman–Crippen MR) is 73.6 cm³/mol. The Balaban J connectivity index is 1.86. The SMILES string of the molecule is Fc1ccc(N/N=C\c2ccc(CSC(F)F)o2)cc1. The molecule has 3 nitrogen and oxygen atoms in total. The second-order valence-electron chi connectivity index (χ2n) is 3.75. The maximum Gasteiger partial charge on any atom is 0.284 e. The molecule has 2 aromatic rings. The summed E-state index contributed by atoms with van der Waals surface area (Å²) in [6.07, 6.45) is 1.42. The highest BCUT2D eigenvalue weighted by molar-refractivity contribution is 7.98. The monoisotopic (exact) mass is 300 g/mol. The van der Waals surface area contributed by atoms with Gasteiger partial charge in [0.25, 0.3) is 5.76 Å². The average molecular weight is 300 g/mol. The normalized spacial score (nSPS) is 11.4. The van der Waals surface area contributed by atoms with Crippen LogP contribution in [-0.2, 0) is 5.75 Å². The van der Waals surface area contributed by atoms with Gasteiger partial charge < -0.3 is 4.42 Å². The van der Waals surface area contributed by atoms with Crippen LogP contribution in [0.4, 0.5) is 18.9 Å².